The normalized spacial score (nSPS) is 9.47. The number of hydrogen-bond donors (Lipinski definition) is 2. The Bertz CT molecular complexity index is 353. The van der Waals surface area contributed by atoms with E-state index in [-0.39, 0.29) is 6.54 Å². The molecule has 0 radical (unpaired) electrons. The van der Waals surface area contributed by atoms with Crippen LogP contribution in [0.25, 0.3) is 0 Å². The van der Waals surface area contributed by atoms with Gasteiger partial charge in [-0.15, -0.1) is 0 Å². The van der Waals surface area contributed by atoms with Crippen molar-refractivity contribution in [3.8, 4) is 11.5 Å². The van der Waals surface area contributed by atoms with Gasteiger partial charge in [-0.05, 0) is 12.1 Å². The van der Waals surface area contributed by atoms with Crippen LogP contribution < -0.4 is 20.5 Å². The average Bonchev–Trinajstić information content (AvgIpc) is 2.25. The summed E-state index contributed by atoms with van der Waals surface area (Å²) >= 11 is 0. The Labute approximate surface area is 88.2 Å². The fraction of sp³-hybridized carbons (Fsp3) is 0.300. The molecule has 0 aliphatic heterocycles. The number of nitrogens with one attached hydrogen (secondary N) is 1. The number of carbonyl (C=O) groups is 1. The smallest absolute Gasteiger partial charge is 0.236 e. The SMILES string of the molecule is COc1ccc(NCC(N)=O)cc1OC. The second-order valence-corrected chi connectivity index (χ2v) is 2.89. The van der Waals surface area contributed by atoms with Crippen LogP contribution in [0.4, 0.5) is 5.69 Å². The van der Waals surface area contributed by atoms with E-state index in [4.69, 9.17) is 15.2 Å². The topological polar surface area (TPSA) is 73.6 Å². The Hall–Kier alpha value is -1.91. The molecule has 0 bridgehead atoms. The Morgan fingerprint density at radius 1 is 1.33 bits per heavy atom. The molecule has 0 aromatic heterocycles. The maximum atomic E-state index is 10.6. The molecule has 0 atom stereocenters. The summed E-state index contributed by atoms with van der Waals surface area (Å²) < 4.78 is 10.2. The van der Waals surface area contributed by atoms with Gasteiger partial charge in [-0.25, -0.2) is 0 Å². The number of amides is 1. The molecule has 15 heavy (non-hydrogen) atoms. The third-order valence-corrected chi connectivity index (χ3v) is 1.85. The summed E-state index contributed by atoms with van der Waals surface area (Å²) in [5.41, 5.74) is 5.77. The zero-order valence-corrected chi connectivity index (χ0v) is 8.74. The molecule has 0 heterocycles. The first-order valence-corrected chi connectivity index (χ1v) is 4.41. The molecule has 0 fully saturated rings. The van der Waals surface area contributed by atoms with Crippen molar-refractivity contribution < 1.29 is 14.3 Å². The molecule has 0 saturated carbocycles. The zero-order chi connectivity index (χ0) is 11.3. The molecular formula is C10H14N2O3. The van der Waals surface area contributed by atoms with Crippen LogP contribution in [0.2, 0.25) is 0 Å². The lowest BCUT2D eigenvalue weighted by atomic mass is 10.2. The minimum atomic E-state index is -0.412. The van der Waals surface area contributed by atoms with E-state index in [1.807, 2.05) is 0 Å². The number of ether oxygens (including phenoxy) is 2. The molecule has 1 amide bonds. The van der Waals surface area contributed by atoms with Crippen LogP contribution in [0, 0.1) is 0 Å². The van der Waals surface area contributed by atoms with Gasteiger partial charge in [-0.3, -0.25) is 4.79 Å². The summed E-state index contributed by atoms with van der Waals surface area (Å²) in [6, 6.07) is 5.27. The van der Waals surface area contributed by atoms with Crippen LogP contribution in [0.1, 0.15) is 0 Å². The summed E-state index contributed by atoms with van der Waals surface area (Å²) in [5, 5.41) is 2.86. The van der Waals surface area contributed by atoms with Crippen LogP contribution >= 0.6 is 0 Å². The number of anilines is 1. The fourth-order valence-electron chi connectivity index (χ4n) is 1.14. The van der Waals surface area contributed by atoms with Crippen molar-refractivity contribution in [2.45, 2.75) is 0 Å². The van der Waals surface area contributed by atoms with Gasteiger partial charge in [0.05, 0.1) is 20.8 Å². The van der Waals surface area contributed by atoms with Crippen molar-refractivity contribution >= 4 is 11.6 Å². The van der Waals surface area contributed by atoms with Gasteiger partial charge in [0.25, 0.3) is 0 Å². The number of benzene rings is 1. The minimum absolute atomic E-state index is 0.0927. The van der Waals surface area contributed by atoms with Crippen LogP contribution in [0.15, 0.2) is 18.2 Å². The summed E-state index contributed by atoms with van der Waals surface area (Å²) in [5.74, 6) is 0.832. The van der Waals surface area contributed by atoms with Crippen LogP contribution in [0.3, 0.4) is 0 Å². The van der Waals surface area contributed by atoms with E-state index in [2.05, 4.69) is 5.32 Å². The van der Waals surface area contributed by atoms with Crippen molar-refractivity contribution in [2.24, 2.45) is 5.73 Å². The first-order valence-electron chi connectivity index (χ1n) is 4.41. The van der Waals surface area contributed by atoms with E-state index >= 15 is 0 Å². The number of nitrogens with two attached hydrogens (primary N) is 1. The van der Waals surface area contributed by atoms with E-state index in [0.717, 1.165) is 5.69 Å². The zero-order valence-electron chi connectivity index (χ0n) is 8.74. The molecule has 5 nitrogen and oxygen atoms in total. The molecule has 5 heteroatoms. The highest BCUT2D eigenvalue weighted by Gasteiger charge is 2.04. The van der Waals surface area contributed by atoms with Gasteiger partial charge in [-0.2, -0.15) is 0 Å². The second kappa shape index (κ2) is 5.09. The molecule has 3 N–H and O–H groups in total. The van der Waals surface area contributed by atoms with Crippen LogP contribution in [0.5, 0.6) is 11.5 Å². The summed E-state index contributed by atoms with van der Waals surface area (Å²) in [6.07, 6.45) is 0. The van der Waals surface area contributed by atoms with Gasteiger partial charge in [0.2, 0.25) is 5.91 Å². The maximum Gasteiger partial charge on any atom is 0.236 e. The Morgan fingerprint density at radius 3 is 2.53 bits per heavy atom. The van der Waals surface area contributed by atoms with Crippen molar-refractivity contribution in [3.63, 3.8) is 0 Å². The predicted octanol–water partition coefficient (Wildman–Crippen LogP) is 0.601. The monoisotopic (exact) mass is 210 g/mol. The Morgan fingerprint density at radius 2 is 2.00 bits per heavy atom. The van der Waals surface area contributed by atoms with E-state index in [1.165, 1.54) is 0 Å². The van der Waals surface area contributed by atoms with Crippen LogP contribution in [-0.2, 0) is 4.79 Å². The lowest BCUT2D eigenvalue weighted by molar-refractivity contribution is -0.116. The van der Waals surface area contributed by atoms with Crippen molar-refractivity contribution in [2.75, 3.05) is 26.1 Å². The quantitative estimate of drug-likeness (QED) is 0.746. The molecule has 0 saturated heterocycles. The lowest BCUT2D eigenvalue weighted by Gasteiger charge is -2.10. The van der Waals surface area contributed by atoms with Crippen molar-refractivity contribution in [1.82, 2.24) is 0 Å². The summed E-state index contributed by atoms with van der Waals surface area (Å²) in [7, 11) is 3.12. The van der Waals surface area contributed by atoms with E-state index in [1.54, 1.807) is 32.4 Å². The molecule has 0 unspecified atom stereocenters. The highest BCUT2D eigenvalue weighted by Crippen LogP contribution is 2.29. The number of rotatable bonds is 5. The highest BCUT2D eigenvalue weighted by atomic mass is 16.5. The van der Waals surface area contributed by atoms with Gasteiger partial charge in [-0.1, -0.05) is 0 Å². The minimum Gasteiger partial charge on any atom is -0.493 e. The second-order valence-electron chi connectivity index (χ2n) is 2.89. The first kappa shape index (κ1) is 11.2. The summed E-state index contributed by atoms with van der Waals surface area (Å²) in [4.78, 5) is 10.6. The number of hydrogen-bond acceptors (Lipinski definition) is 4. The van der Waals surface area contributed by atoms with E-state index < -0.39 is 5.91 Å². The van der Waals surface area contributed by atoms with Gasteiger partial charge in [0.1, 0.15) is 0 Å². The number of methoxy groups -OCH3 is 2. The van der Waals surface area contributed by atoms with Crippen molar-refractivity contribution in [3.05, 3.63) is 18.2 Å². The van der Waals surface area contributed by atoms with Crippen LogP contribution in [-0.4, -0.2) is 26.7 Å². The fourth-order valence-corrected chi connectivity index (χ4v) is 1.14. The number of primary amides is 1. The third-order valence-electron chi connectivity index (χ3n) is 1.85. The molecule has 0 spiro atoms. The molecule has 0 aliphatic carbocycles. The van der Waals surface area contributed by atoms with E-state index in [9.17, 15) is 4.79 Å². The highest BCUT2D eigenvalue weighted by molar-refractivity contribution is 5.79. The van der Waals surface area contributed by atoms with Gasteiger partial charge < -0.3 is 20.5 Å². The molecule has 1 aromatic carbocycles. The largest absolute Gasteiger partial charge is 0.493 e. The van der Waals surface area contributed by atoms with Crippen molar-refractivity contribution in [1.29, 1.82) is 0 Å². The molecule has 1 rings (SSSR count). The third kappa shape index (κ3) is 3.05. The Balaban J connectivity index is 2.78. The Kier molecular flexibility index (Phi) is 3.79. The number of carbonyl (C=O) groups excluding carboxylic acids is 1. The standard InChI is InChI=1S/C10H14N2O3/c1-14-8-4-3-7(5-9(8)15-2)12-6-10(11)13/h3-5,12H,6H2,1-2H3,(H2,11,13). The molecule has 0 aliphatic rings. The molecule has 1 aromatic rings. The first-order chi connectivity index (χ1) is 7.17. The maximum absolute atomic E-state index is 10.6. The molecule has 82 valence electrons. The van der Waals surface area contributed by atoms with E-state index in [0.29, 0.717) is 11.5 Å². The van der Waals surface area contributed by atoms with Gasteiger partial charge in [0.15, 0.2) is 11.5 Å². The molecular weight excluding hydrogens is 196 g/mol. The lowest BCUT2D eigenvalue weighted by Crippen LogP contribution is -2.21. The predicted molar refractivity (Wildman–Crippen MR) is 57.2 cm³/mol. The summed E-state index contributed by atoms with van der Waals surface area (Å²) in [6.45, 7) is 0.0927. The van der Waals surface area contributed by atoms with Gasteiger partial charge >= 0.3 is 0 Å². The van der Waals surface area contributed by atoms with Gasteiger partial charge in [0, 0.05) is 11.8 Å². The average molecular weight is 210 g/mol.